The molecule has 1 atom stereocenters. The first-order valence-electron chi connectivity index (χ1n) is 8.37. The lowest BCUT2D eigenvalue weighted by atomic mass is 9.86. The van der Waals surface area contributed by atoms with E-state index in [1.54, 1.807) is 4.90 Å². The van der Waals surface area contributed by atoms with Gasteiger partial charge in [0.2, 0.25) is 11.8 Å². The van der Waals surface area contributed by atoms with Gasteiger partial charge in [0, 0.05) is 25.0 Å². The molecule has 5 nitrogen and oxygen atoms in total. The molecule has 0 radical (unpaired) electrons. The van der Waals surface area contributed by atoms with Crippen LogP contribution in [0.15, 0.2) is 0 Å². The average molecular weight is 293 g/mol. The number of hydrogen-bond acceptors (Lipinski definition) is 3. The molecule has 3 fully saturated rings. The average Bonchev–Trinajstić information content (AvgIpc) is 3.20. The summed E-state index contributed by atoms with van der Waals surface area (Å²) in [5, 5.41) is 0. The van der Waals surface area contributed by atoms with Gasteiger partial charge in [-0.1, -0.05) is 13.3 Å². The van der Waals surface area contributed by atoms with Crippen molar-refractivity contribution in [3.05, 3.63) is 0 Å². The van der Waals surface area contributed by atoms with E-state index in [-0.39, 0.29) is 29.8 Å². The van der Waals surface area contributed by atoms with E-state index in [0.29, 0.717) is 6.04 Å². The second kappa shape index (κ2) is 5.59. The Morgan fingerprint density at radius 3 is 2.71 bits per heavy atom. The van der Waals surface area contributed by atoms with Crippen molar-refractivity contribution in [2.75, 3.05) is 19.6 Å². The highest BCUT2D eigenvalue weighted by atomic mass is 16.2. The van der Waals surface area contributed by atoms with Crippen LogP contribution in [0, 0.1) is 5.92 Å². The largest absolute Gasteiger partial charge is 0.333 e. The van der Waals surface area contributed by atoms with Gasteiger partial charge in [0.1, 0.15) is 0 Å². The van der Waals surface area contributed by atoms with Crippen molar-refractivity contribution in [3.8, 4) is 0 Å². The molecule has 2 N–H and O–H groups in total. The molecule has 2 saturated heterocycles. The predicted octanol–water partition coefficient (Wildman–Crippen LogP) is 1.12. The highest BCUT2D eigenvalue weighted by Crippen LogP contribution is 2.44. The van der Waals surface area contributed by atoms with Crippen LogP contribution in [0.2, 0.25) is 0 Å². The van der Waals surface area contributed by atoms with E-state index in [9.17, 15) is 9.59 Å². The molecule has 0 bridgehead atoms. The summed E-state index contributed by atoms with van der Waals surface area (Å²) < 4.78 is 0. The van der Waals surface area contributed by atoms with E-state index < -0.39 is 0 Å². The van der Waals surface area contributed by atoms with E-state index in [0.717, 1.165) is 58.0 Å². The lowest BCUT2D eigenvalue weighted by molar-refractivity contribution is -0.140. The Morgan fingerprint density at radius 2 is 2.00 bits per heavy atom. The summed E-state index contributed by atoms with van der Waals surface area (Å²) in [6, 6.07) is 0.307. The van der Waals surface area contributed by atoms with Crippen LogP contribution in [0.3, 0.4) is 0 Å². The number of rotatable bonds is 2. The van der Waals surface area contributed by atoms with Gasteiger partial charge >= 0.3 is 0 Å². The van der Waals surface area contributed by atoms with E-state index >= 15 is 0 Å². The number of nitrogens with two attached hydrogens (primary N) is 1. The maximum atomic E-state index is 12.5. The van der Waals surface area contributed by atoms with E-state index in [2.05, 4.69) is 0 Å². The van der Waals surface area contributed by atoms with E-state index in [4.69, 9.17) is 5.73 Å². The number of carbonyl (C=O) groups is 2. The topological polar surface area (TPSA) is 66.4 Å². The zero-order chi connectivity index (χ0) is 15.0. The summed E-state index contributed by atoms with van der Waals surface area (Å²) >= 11 is 0. The van der Waals surface area contributed by atoms with Crippen molar-refractivity contribution in [1.29, 1.82) is 0 Å². The third-order valence-corrected chi connectivity index (χ3v) is 5.56. The molecule has 0 aromatic rings. The zero-order valence-corrected chi connectivity index (χ0v) is 13.0. The van der Waals surface area contributed by atoms with Crippen LogP contribution in [0.5, 0.6) is 0 Å². The van der Waals surface area contributed by atoms with Crippen molar-refractivity contribution in [2.45, 2.75) is 63.5 Å². The van der Waals surface area contributed by atoms with Gasteiger partial charge in [0.05, 0.1) is 12.1 Å². The fraction of sp³-hybridized carbons (Fsp3) is 0.875. The van der Waals surface area contributed by atoms with Crippen molar-refractivity contribution >= 4 is 11.8 Å². The van der Waals surface area contributed by atoms with Crippen molar-refractivity contribution in [2.24, 2.45) is 11.7 Å². The number of hydrogen-bond donors (Lipinski definition) is 1. The van der Waals surface area contributed by atoms with E-state index in [1.165, 1.54) is 0 Å². The van der Waals surface area contributed by atoms with Crippen LogP contribution in [0.1, 0.15) is 51.9 Å². The number of nitrogens with zero attached hydrogens (tertiary/aromatic N) is 2. The number of likely N-dealkylation sites (tertiary alicyclic amines) is 1. The van der Waals surface area contributed by atoms with Gasteiger partial charge in [-0.05, 0) is 38.5 Å². The van der Waals surface area contributed by atoms with Crippen LogP contribution < -0.4 is 5.73 Å². The summed E-state index contributed by atoms with van der Waals surface area (Å²) in [6.45, 7) is 3.86. The Hall–Kier alpha value is -1.10. The van der Waals surface area contributed by atoms with Crippen molar-refractivity contribution in [3.63, 3.8) is 0 Å². The lowest BCUT2D eigenvalue weighted by Crippen LogP contribution is -2.42. The summed E-state index contributed by atoms with van der Waals surface area (Å²) in [4.78, 5) is 28.5. The quantitative estimate of drug-likeness (QED) is 0.776. The number of carbonyl (C=O) groups excluding carboxylic acids is 2. The maximum Gasteiger partial charge on any atom is 0.242 e. The minimum Gasteiger partial charge on any atom is -0.333 e. The minimum absolute atomic E-state index is 0.0659. The SMILES string of the molecule is CC1CCCCN(CC(=O)N2CC23CCC(N)CC3)C1=O. The highest BCUT2D eigenvalue weighted by molar-refractivity contribution is 5.87. The highest BCUT2D eigenvalue weighted by Gasteiger charge is 2.55. The molecule has 1 unspecified atom stereocenters. The molecule has 118 valence electrons. The molecule has 1 saturated carbocycles. The standard InChI is InChI=1S/C16H27N3O2/c1-12-4-2-3-9-18(15(12)21)10-14(20)19-11-16(19)7-5-13(17)6-8-16/h12-13H,2-11,17H2,1H3. The monoisotopic (exact) mass is 293 g/mol. The molecule has 5 heteroatoms. The third kappa shape index (κ3) is 2.93. The lowest BCUT2D eigenvalue weighted by Gasteiger charge is -2.28. The van der Waals surface area contributed by atoms with Crippen LogP contribution in [0.4, 0.5) is 0 Å². The summed E-state index contributed by atoms with van der Waals surface area (Å²) in [6.07, 6.45) is 7.16. The fourth-order valence-corrected chi connectivity index (χ4v) is 3.92. The molecule has 2 heterocycles. The fourth-order valence-electron chi connectivity index (χ4n) is 3.92. The Morgan fingerprint density at radius 1 is 1.29 bits per heavy atom. The molecule has 2 amide bonds. The molecule has 21 heavy (non-hydrogen) atoms. The maximum absolute atomic E-state index is 12.5. The van der Waals surface area contributed by atoms with Crippen LogP contribution in [-0.2, 0) is 9.59 Å². The number of amides is 2. The second-order valence-electron chi connectivity index (χ2n) is 7.20. The molecule has 2 aliphatic heterocycles. The smallest absolute Gasteiger partial charge is 0.242 e. The molecule has 0 aromatic carbocycles. The van der Waals surface area contributed by atoms with Gasteiger partial charge in [-0.2, -0.15) is 0 Å². The molecule has 1 aliphatic carbocycles. The van der Waals surface area contributed by atoms with Crippen LogP contribution >= 0.6 is 0 Å². The predicted molar refractivity (Wildman–Crippen MR) is 80.5 cm³/mol. The third-order valence-electron chi connectivity index (χ3n) is 5.56. The van der Waals surface area contributed by atoms with Gasteiger partial charge < -0.3 is 15.5 Å². The van der Waals surface area contributed by atoms with Crippen LogP contribution in [-0.4, -0.2) is 52.8 Å². The summed E-state index contributed by atoms with van der Waals surface area (Å²) in [7, 11) is 0. The van der Waals surface area contributed by atoms with Gasteiger partial charge in [-0.15, -0.1) is 0 Å². The first kappa shape index (κ1) is 14.8. The first-order valence-corrected chi connectivity index (χ1v) is 8.37. The second-order valence-corrected chi connectivity index (χ2v) is 7.20. The molecule has 0 aromatic heterocycles. The van der Waals surface area contributed by atoms with E-state index in [1.807, 2.05) is 11.8 Å². The van der Waals surface area contributed by atoms with Gasteiger partial charge in [-0.25, -0.2) is 0 Å². The Kier molecular flexibility index (Phi) is 3.95. The minimum atomic E-state index is 0.0659. The Bertz CT molecular complexity index is 429. The molecule has 3 rings (SSSR count). The summed E-state index contributed by atoms with van der Waals surface area (Å²) in [5.74, 6) is 0.353. The molecular weight excluding hydrogens is 266 g/mol. The van der Waals surface area contributed by atoms with Crippen molar-refractivity contribution in [1.82, 2.24) is 9.80 Å². The molecule has 1 spiro atoms. The molecular formula is C16H27N3O2. The Balaban J connectivity index is 1.56. The van der Waals surface area contributed by atoms with Gasteiger partial charge in [0.25, 0.3) is 0 Å². The summed E-state index contributed by atoms with van der Waals surface area (Å²) in [5.41, 5.74) is 6.04. The van der Waals surface area contributed by atoms with Gasteiger partial charge in [-0.3, -0.25) is 9.59 Å². The zero-order valence-electron chi connectivity index (χ0n) is 13.0. The first-order chi connectivity index (χ1) is 10.0. The Labute approximate surface area is 126 Å². The normalized spacial score (nSPS) is 36.8. The van der Waals surface area contributed by atoms with Crippen LogP contribution in [0.25, 0.3) is 0 Å². The van der Waals surface area contributed by atoms with Crippen molar-refractivity contribution < 1.29 is 9.59 Å². The molecule has 3 aliphatic rings. The van der Waals surface area contributed by atoms with Gasteiger partial charge in [0.15, 0.2) is 0 Å².